The minimum atomic E-state index is -4.23. The number of alkyl halides is 3. The molecular formula is C30H33F3O4. The number of halogens is 3. The SMILES string of the molecule is CCCc1c(CCC)c2ccc(C3(c4ccc(C(=O)OC)cc4)CCC(C(F)(F)F)CC3)cc2oc1=O. The summed E-state index contributed by atoms with van der Waals surface area (Å²) < 4.78 is 51.2. The highest BCUT2D eigenvalue weighted by molar-refractivity contribution is 5.89. The lowest BCUT2D eigenvalue weighted by Gasteiger charge is -2.42. The fourth-order valence-corrected chi connectivity index (χ4v) is 5.86. The largest absolute Gasteiger partial charge is 0.465 e. The number of carbonyl (C=O) groups excluding carboxylic acids is 1. The van der Waals surface area contributed by atoms with Gasteiger partial charge in [-0.3, -0.25) is 0 Å². The molecule has 37 heavy (non-hydrogen) atoms. The van der Waals surface area contributed by atoms with Crippen LogP contribution in [0.25, 0.3) is 11.0 Å². The first kappa shape index (κ1) is 27.0. The second kappa shape index (κ2) is 10.7. The van der Waals surface area contributed by atoms with E-state index in [1.54, 1.807) is 24.3 Å². The number of rotatable bonds is 7. The van der Waals surface area contributed by atoms with Gasteiger partial charge in [0.15, 0.2) is 0 Å². The van der Waals surface area contributed by atoms with Gasteiger partial charge in [-0.25, -0.2) is 9.59 Å². The zero-order valence-electron chi connectivity index (χ0n) is 21.5. The molecule has 1 aromatic heterocycles. The molecule has 4 nitrogen and oxygen atoms in total. The lowest BCUT2D eigenvalue weighted by Crippen LogP contribution is -2.37. The van der Waals surface area contributed by atoms with Gasteiger partial charge in [-0.1, -0.05) is 51.0 Å². The summed E-state index contributed by atoms with van der Waals surface area (Å²) in [6.07, 6.45) is -0.541. The number of carbonyl (C=O) groups is 1. The number of fused-ring (bicyclic) bond motifs is 1. The highest BCUT2D eigenvalue weighted by atomic mass is 19.4. The molecule has 2 aromatic carbocycles. The highest BCUT2D eigenvalue weighted by Gasteiger charge is 2.47. The van der Waals surface area contributed by atoms with Crippen LogP contribution in [0.5, 0.6) is 0 Å². The normalized spacial score (nSPS) is 20.2. The number of esters is 1. The summed E-state index contributed by atoms with van der Waals surface area (Å²) in [6.45, 7) is 4.09. The van der Waals surface area contributed by atoms with Crippen molar-refractivity contribution in [3.63, 3.8) is 0 Å². The molecule has 0 saturated heterocycles. The van der Waals surface area contributed by atoms with Crippen LogP contribution >= 0.6 is 0 Å². The Morgan fingerprint density at radius 2 is 1.57 bits per heavy atom. The van der Waals surface area contributed by atoms with E-state index in [1.165, 1.54) is 7.11 Å². The quantitative estimate of drug-likeness (QED) is 0.242. The molecule has 4 rings (SSSR count). The van der Waals surface area contributed by atoms with Crippen LogP contribution < -0.4 is 5.63 Å². The Balaban J connectivity index is 1.85. The first-order chi connectivity index (χ1) is 17.6. The molecule has 1 aliphatic rings. The van der Waals surface area contributed by atoms with E-state index in [4.69, 9.17) is 9.15 Å². The fourth-order valence-electron chi connectivity index (χ4n) is 5.86. The molecule has 3 aromatic rings. The molecule has 7 heteroatoms. The summed E-state index contributed by atoms with van der Waals surface area (Å²) in [4.78, 5) is 24.9. The van der Waals surface area contributed by atoms with E-state index in [0.29, 0.717) is 36.0 Å². The van der Waals surface area contributed by atoms with Crippen molar-refractivity contribution in [3.05, 3.63) is 80.7 Å². The maximum atomic E-state index is 13.5. The molecule has 0 unspecified atom stereocenters. The van der Waals surface area contributed by atoms with E-state index in [1.807, 2.05) is 25.1 Å². The summed E-state index contributed by atoms with van der Waals surface area (Å²) in [6, 6.07) is 12.7. The minimum Gasteiger partial charge on any atom is -0.465 e. The van der Waals surface area contributed by atoms with Gasteiger partial charge in [0.2, 0.25) is 0 Å². The molecule has 0 amide bonds. The van der Waals surface area contributed by atoms with Gasteiger partial charge >= 0.3 is 17.8 Å². The molecule has 0 bridgehead atoms. The second-order valence-corrected chi connectivity index (χ2v) is 10.0. The maximum Gasteiger partial charge on any atom is 0.391 e. The van der Waals surface area contributed by atoms with E-state index in [-0.39, 0.29) is 18.5 Å². The molecule has 0 radical (unpaired) electrons. The average Bonchev–Trinajstić information content (AvgIpc) is 2.89. The predicted octanol–water partition coefficient (Wildman–Crippen LogP) is 7.52. The van der Waals surface area contributed by atoms with E-state index >= 15 is 0 Å². The van der Waals surface area contributed by atoms with E-state index in [2.05, 4.69) is 6.92 Å². The third kappa shape index (κ3) is 5.18. The monoisotopic (exact) mass is 514 g/mol. The lowest BCUT2D eigenvalue weighted by molar-refractivity contribution is -0.184. The van der Waals surface area contributed by atoms with E-state index < -0.39 is 23.5 Å². The first-order valence-corrected chi connectivity index (χ1v) is 13.0. The maximum absolute atomic E-state index is 13.5. The van der Waals surface area contributed by atoms with E-state index in [9.17, 15) is 22.8 Å². The summed E-state index contributed by atoms with van der Waals surface area (Å²) in [5.41, 5.74) is 3.17. The number of hydrogen-bond donors (Lipinski definition) is 0. The topological polar surface area (TPSA) is 56.5 Å². The lowest BCUT2D eigenvalue weighted by atomic mass is 9.63. The highest BCUT2D eigenvalue weighted by Crippen LogP contribution is 2.50. The van der Waals surface area contributed by atoms with Crippen molar-refractivity contribution >= 4 is 16.9 Å². The molecule has 0 spiro atoms. The van der Waals surface area contributed by atoms with Crippen molar-refractivity contribution < 1.29 is 27.1 Å². The average molecular weight is 515 g/mol. The van der Waals surface area contributed by atoms with Crippen LogP contribution in [-0.2, 0) is 23.0 Å². The summed E-state index contributed by atoms with van der Waals surface area (Å²) in [5, 5.41) is 0.883. The van der Waals surface area contributed by atoms with Gasteiger partial charge in [0.25, 0.3) is 0 Å². The van der Waals surface area contributed by atoms with Gasteiger partial charge in [-0.05, 0) is 73.4 Å². The molecule has 1 saturated carbocycles. The molecule has 1 aliphatic carbocycles. The Morgan fingerprint density at radius 1 is 0.973 bits per heavy atom. The fraction of sp³-hybridized carbons (Fsp3) is 0.467. The minimum absolute atomic E-state index is 0.000755. The van der Waals surface area contributed by atoms with Crippen molar-refractivity contribution in [2.75, 3.05) is 7.11 Å². The van der Waals surface area contributed by atoms with Crippen molar-refractivity contribution in [1.82, 2.24) is 0 Å². The Bertz CT molecular complexity index is 1310. The zero-order valence-corrected chi connectivity index (χ0v) is 21.5. The second-order valence-electron chi connectivity index (χ2n) is 10.0. The zero-order chi connectivity index (χ0) is 26.8. The smallest absolute Gasteiger partial charge is 0.391 e. The standard InChI is InChI=1S/C30H33F3O4/c1-4-6-23-24-13-12-22(18-26(24)37-28(35)25(23)7-5-2)29(16-14-21(15-17-29)30(31,32)33)20-10-8-19(9-11-20)27(34)36-3/h8-13,18,21H,4-7,14-17H2,1-3H3. The molecule has 1 fully saturated rings. The van der Waals surface area contributed by atoms with Crippen molar-refractivity contribution in [2.45, 2.75) is 76.8 Å². The Kier molecular flexibility index (Phi) is 7.81. The van der Waals surface area contributed by atoms with Crippen LogP contribution in [0, 0.1) is 5.92 Å². The van der Waals surface area contributed by atoms with Crippen LogP contribution in [0.1, 0.15) is 85.0 Å². The molecule has 0 atom stereocenters. The Labute approximate surface area is 214 Å². The summed E-state index contributed by atoms with van der Waals surface area (Å²) in [7, 11) is 1.30. The van der Waals surface area contributed by atoms with Crippen LogP contribution in [-0.4, -0.2) is 19.3 Å². The molecule has 0 N–H and O–H groups in total. The third-order valence-electron chi connectivity index (χ3n) is 7.83. The molecule has 1 heterocycles. The first-order valence-electron chi connectivity index (χ1n) is 13.0. The van der Waals surface area contributed by atoms with Crippen molar-refractivity contribution in [3.8, 4) is 0 Å². The third-order valence-corrected chi connectivity index (χ3v) is 7.83. The molecule has 198 valence electrons. The van der Waals surface area contributed by atoms with Gasteiger partial charge in [0.1, 0.15) is 5.58 Å². The number of aryl methyl sites for hydroxylation is 1. The van der Waals surface area contributed by atoms with Crippen molar-refractivity contribution in [2.24, 2.45) is 5.92 Å². The number of benzene rings is 2. The van der Waals surface area contributed by atoms with Gasteiger partial charge in [-0.15, -0.1) is 0 Å². The molecule has 0 aliphatic heterocycles. The van der Waals surface area contributed by atoms with E-state index in [0.717, 1.165) is 41.3 Å². The number of methoxy groups -OCH3 is 1. The van der Waals surface area contributed by atoms with Crippen LogP contribution in [0.4, 0.5) is 13.2 Å². The summed E-state index contributed by atoms with van der Waals surface area (Å²) >= 11 is 0. The van der Waals surface area contributed by atoms with Gasteiger partial charge in [0.05, 0.1) is 18.6 Å². The van der Waals surface area contributed by atoms with Crippen LogP contribution in [0.3, 0.4) is 0 Å². The summed E-state index contributed by atoms with van der Waals surface area (Å²) in [5.74, 6) is -1.82. The Hall–Kier alpha value is -3.09. The van der Waals surface area contributed by atoms with Gasteiger partial charge in [0, 0.05) is 16.4 Å². The Morgan fingerprint density at radius 3 is 2.14 bits per heavy atom. The van der Waals surface area contributed by atoms with Crippen LogP contribution in [0.2, 0.25) is 0 Å². The van der Waals surface area contributed by atoms with Gasteiger partial charge in [-0.2, -0.15) is 13.2 Å². The number of hydrogen-bond acceptors (Lipinski definition) is 4. The number of ether oxygens (including phenoxy) is 1. The van der Waals surface area contributed by atoms with Crippen molar-refractivity contribution in [1.29, 1.82) is 0 Å². The predicted molar refractivity (Wildman–Crippen MR) is 137 cm³/mol. The molecular weight excluding hydrogens is 481 g/mol. The van der Waals surface area contributed by atoms with Crippen LogP contribution in [0.15, 0.2) is 51.7 Å². The van der Waals surface area contributed by atoms with Gasteiger partial charge < -0.3 is 9.15 Å².